The highest BCUT2D eigenvalue weighted by Crippen LogP contribution is 2.20. The molecule has 2 N–H and O–H groups in total. The molecule has 16 heavy (non-hydrogen) atoms. The van der Waals surface area contributed by atoms with Crippen molar-refractivity contribution in [2.45, 2.75) is 31.2 Å². The molecule has 0 aliphatic rings. The van der Waals surface area contributed by atoms with Crippen LogP contribution in [0.4, 0.5) is 0 Å². The van der Waals surface area contributed by atoms with E-state index in [1.165, 1.54) is 6.26 Å². The molecular weight excluding hydrogens is 222 g/mol. The maximum absolute atomic E-state index is 11.3. The standard InChI is InChI=1S/C12H19NO2S/c1-9(2)8-12(13)10-4-6-11(7-5-10)16(3,14)15/h4-7,9,12H,8,13H2,1-3H3/t12-/m0/s1. The Morgan fingerprint density at radius 3 is 2.06 bits per heavy atom. The lowest BCUT2D eigenvalue weighted by molar-refractivity contribution is 0.510. The van der Waals surface area contributed by atoms with Crippen LogP contribution in [0.3, 0.4) is 0 Å². The fourth-order valence-corrected chi connectivity index (χ4v) is 2.24. The van der Waals surface area contributed by atoms with Crippen LogP contribution in [0, 0.1) is 5.92 Å². The van der Waals surface area contributed by atoms with Crippen molar-refractivity contribution in [2.75, 3.05) is 6.26 Å². The van der Waals surface area contributed by atoms with Crippen molar-refractivity contribution in [3.63, 3.8) is 0 Å². The van der Waals surface area contributed by atoms with E-state index in [-0.39, 0.29) is 6.04 Å². The monoisotopic (exact) mass is 241 g/mol. The number of hydrogen-bond acceptors (Lipinski definition) is 3. The van der Waals surface area contributed by atoms with Gasteiger partial charge >= 0.3 is 0 Å². The van der Waals surface area contributed by atoms with Crippen molar-refractivity contribution < 1.29 is 8.42 Å². The third kappa shape index (κ3) is 3.61. The summed E-state index contributed by atoms with van der Waals surface area (Å²) in [4.78, 5) is 0.341. The van der Waals surface area contributed by atoms with Crippen LogP contribution in [0.1, 0.15) is 31.9 Å². The molecule has 0 spiro atoms. The van der Waals surface area contributed by atoms with E-state index in [1.54, 1.807) is 24.3 Å². The van der Waals surface area contributed by atoms with Crippen LogP contribution >= 0.6 is 0 Å². The lowest BCUT2D eigenvalue weighted by atomic mass is 9.98. The van der Waals surface area contributed by atoms with Gasteiger partial charge in [0.25, 0.3) is 0 Å². The summed E-state index contributed by atoms with van der Waals surface area (Å²) in [5.41, 5.74) is 6.99. The Bertz CT molecular complexity index is 435. The molecule has 1 rings (SSSR count). The highest BCUT2D eigenvalue weighted by atomic mass is 32.2. The molecule has 0 fully saturated rings. The van der Waals surface area contributed by atoms with Gasteiger partial charge in [-0.15, -0.1) is 0 Å². The van der Waals surface area contributed by atoms with Gasteiger partial charge in [-0.05, 0) is 30.0 Å². The maximum Gasteiger partial charge on any atom is 0.175 e. The molecule has 90 valence electrons. The quantitative estimate of drug-likeness (QED) is 0.878. The molecule has 0 saturated carbocycles. The third-order valence-electron chi connectivity index (χ3n) is 2.46. The molecular formula is C12H19NO2S. The van der Waals surface area contributed by atoms with E-state index >= 15 is 0 Å². The van der Waals surface area contributed by atoms with Crippen molar-refractivity contribution in [1.29, 1.82) is 0 Å². The fraction of sp³-hybridized carbons (Fsp3) is 0.500. The minimum atomic E-state index is -3.11. The largest absolute Gasteiger partial charge is 0.324 e. The zero-order valence-electron chi connectivity index (χ0n) is 9.97. The van der Waals surface area contributed by atoms with Crippen LogP contribution < -0.4 is 5.73 Å². The van der Waals surface area contributed by atoms with Gasteiger partial charge in [0.2, 0.25) is 0 Å². The van der Waals surface area contributed by atoms with Crippen molar-refractivity contribution in [2.24, 2.45) is 11.7 Å². The number of rotatable bonds is 4. The van der Waals surface area contributed by atoms with Crippen molar-refractivity contribution >= 4 is 9.84 Å². The number of benzene rings is 1. The highest BCUT2D eigenvalue weighted by Gasteiger charge is 2.10. The van der Waals surface area contributed by atoms with Crippen LogP contribution in [-0.2, 0) is 9.84 Å². The van der Waals surface area contributed by atoms with E-state index in [0.717, 1.165) is 12.0 Å². The molecule has 0 aliphatic heterocycles. The topological polar surface area (TPSA) is 60.2 Å². The van der Waals surface area contributed by atoms with Gasteiger partial charge in [-0.25, -0.2) is 8.42 Å². The van der Waals surface area contributed by atoms with E-state index in [9.17, 15) is 8.42 Å². The predicted molar refractivity (Wildman–Crippen MR) is 65.9 cm³/mol. The third-order valence-corrected chi connectivity index (χ3v) is 3.59. The molecule has 0 aromatic heterocycles. The van der Waals surface area contributed by atoms with Gasteiger partial charge in [0.05, 0.1) is 4.90 Å². The zero-order valence-corrected chi connectivity index (χ0v) is 10.8. The summed E-state index contributed by atoms with van der Waals surface area (Å²) in [5, 5.41) is 0. The first-order valence-corrected chi connectivity index (χ1v) is 7.25. The lowest BCUT2D eigenvalue weighted by Crippen LogP contribution is -2.13. The number of sulfone groups is 1. The van der Waals surface area contributed by atoms with Gasteiger partial charge in [-0.3, -0.25) is 0 Å². The molecule has 0 radical (unpaired) electrons. The Morgan fingerprint density at radius 1 is 1.19 bits per heavy atom. The van der Waals surface area contributed by atoms with E-state index in [4.69, 9.17) is 5.73 Å². The second-order valence-electron chi connectivity index (χ2n) is 4.58. The van der Waals surface area contributed by atoms with Gasteiger partial charge in [-0.2, -0.15) is 0 Å². The minimum absolute atomic E-state index is 0.0198. The van der Waals surface area contributed by atoms with Crippen LogP contribution in [0.15, 0.2) is 29.2 Å². The SMILES string of the molecule is CC(C)C[C@H](N)c1ccc(S(C)(=O)=O)cc1. The van der Waals surface area contributed by atoms with Gasteiger partial charge in [0, 0.05) is 12.3 Å². The molecule has 3 nitrogen and oxygen atoms in total. The van der Waals surface area contributed by atoms with Gasteiger partial charge in [0.15, 0.2) is 9.84 Å². The molecule has 4 heteroatoms. The molecule has 1 aromatic carbocycles. The molecule has 0 aliphatic carbocycles. The average molecular weight is 241 g/mol. The molecule has 0 amide bonds. The summed E-state index contributed by atoms with van der Waals surface area (Å²) in [6.07, 6.45) is 2.11. The maximum atomic E-state index is 11.3. The van der Waals surface area contributed by atoms with Crippen molar-refractivity contribution in [3.8, 4) is 0 Å². The summed E-state index contributed by atoms with van der Waals surface area (Å²) in [6, 6.07) is 6.80. The summed E-state index contributed by atoms with van der Waals surface area (Å²) in [6.45, 7) is 4.23. The second kappa shape index (κ2) is 4.97. The van der Waals surface area contributed by atoms with Crippen molar-refractivity contribution in [3.05, 3.63) is 29.8 Å². The van der Waals surface area contributed by atoms with E-state index in [2.05, 4.69) is 13.8 Å². The van der Waals surface area contributed by atoms with Crippen LogP contribution in [0.2, 0.25) is 0 Å². The van der Waals surface area contributed by atoms with Gasteiger partial charge in [-0.1, -0.05) is 26.0 Å². The Labute approximate surface area is 97.6 Å². The van der Waals surface area contributed by atoms with E-state index in [1.807, 2.05) is 0 Å². The summed E-state index contributed by atoms with van der Waals surface area (Å²) in [5.74, 6) is 0.532. The molecule has 0 bridgehead atoms. The normalized spacial score (nSPS) is 14.1. The van der Waals surface area contributed by atoms with Gasteiger partial charge < -0.3 is 5.73 Å². The fourth-order valence-electron chi connectivity index (χ4n) is 1.61. The Kier molecular flexibility index (Phi) is 4.10. The van der Waals surface area contributed by atoms with E-state index in [0.29, 0.717) is 10.8 Å². The zero-order chi connectivity index (χ0) is 12.3. The minimum Gasteiger partial charge on any atom is -0.324 e. The first kappa shape index (κ1) is 13.2. The smallest absolute Gasteiger partial charge is 0.175 e. The number of hydrogen-bond donors (Lipinski definition) is 1. The lowest BCUT2D eigenvalue weighted by Gasteiger charge is -2.14. The summed E-state index contributed by atoms with van der Waals surface area (Å²) >= 11 is 0. The molecule has 0 unspecified atom stereocenters. The molecule has 1 aromatic rings. The first-order chi connectivity index (χ1) is 7.30. The Hall–Kier alpha value is -0.870. The van der Waals surface area contributed by atoms with Crippen LogP contribution in [-0.4, -0.2) is 14.7 Å². The Balaban J connectivity index is 2.87. The average Bonchev–Trinajstić information content (AvgIpc) is 2.15. The molecule has 1 atom stereocenters. The predicted octanol–water partition coefficient (Wildman–Crippen LogP) is 2.14. The summed E-state index contributed by atoms with van der Waals surface area (Å²) in [7, 11) is -3.11. The summed E-state index contributed by atoms with van der Waals surface area (Å²) < 4.78 is 22.5. The highest BCUT2D eigenvalue weighted by molar-refractivity contribution is 7.90. The van der Waals surface area contributed by atoms with Crippen LogP contribution in [0.25, 0.3) is 0 Å². The molecule has 0 heterocycles. The van der Waals surface area contributed by atoms with Crippen molar-refractivity contribution in [1.82, 2.24) is 0 Å². The van der Waals surface area contributed by atoms with Crippen LogP contribution in [0.5, 0.6) is 0 Å². The van der Waals surface area contributed by atoms with Gasteiger partial charge in [0.1, 0.15) is 0 Å². The van der Waals surface area contributed by atoms with E-state index < -0.39 is 9.84 Å². The second-order valence-corrected chi connectivity index (χ2v) is 6.59. The number of nitrogens with two attached hydrogens (primary N) is 1. The molecule has 0 saturated heterocycles. The first-order valence-electron chi connectivity index (χ1n) is 5.36. The Morgan fingerprint density at radius 2 is 1.69 bits per heavy atom.